The van der Waals surface area contributed by atoms with E-state index in [2.05, 4.69) is 60.1 Å². The molecule has 0 N–H and O–H groups in total. The molecular formula is C21H31ClN4. The number of fused-ring (bicyclic) bond motifs is 1. The standard InChI is InChI=1S/C21H30N4.ClH/c1-15(2)25(21-14-23(4)22-16(21)3)20-8-7-18-9-10-24(12-17-5-6-17)13-19(18)11-20;/h7-8,11,14-15,17H,5-6,9-10,12-13H2,1-4H3;1H. The van der Waals surface area contributed by atoms with Crippen molar-refractivity contribution in [3.63, 3.8) is 0 Å². The lowest BCUT2D eigenvalue weighted by Crippen LogP contribution is -2.32. The van der Waals surface area contributed by atoms with Crippen molar-refractivity contribution in [1.82, 2.24) is 14.7 Å². The normalized spacial score (nSPS) is 17.1. The highest BCUT2D eigenvalue weighted by Crippen LogP contribution is 2.34. The topological polar surface area (TPSA) is 24.3 Å². The van der Waals surface area contributed by atoms with E-state index in [0.717, 1.165) is 18.2 Å². The number of hydrogen-bond acceptors (Lipinski definition) is 3. The smallest absolute Gasteiger partial charge is 0.0830 e. The molecule has 1 aliphatic carbocycles. The summed E-state index contributed by atoms with van der Waals surface area (Å²) in [5, 5.41) is 4.55. The number of aromatic nitrogens is 2. The van der Waals surface area contributed by atoms with Crippen LogP contribution in [0.15, 0.2) is 24.4 Å². The van der Waals surface area contributed by atoms with Crippen molar-refractivity contribution in [2.45, 2.75) is 52.6 Å². The van der Waals surface area contributed by atoms with Crippen molar-refractivity contribution in [3.8, 4) is 0 Å². The van der Waals surface area contributed by atoms with Gasteiger partial charge in [-0.2, -0.15) is 5.10 Å². The van der Waals surface area contributed by atoms with Gasteiger partial charge in [0, 0.05) is 44.6 Å². The molecule has 0 saturated heterocycles. The minimum Gasteiger partial charge on any atom is -0.336 e. The van der Waals surface area contributed by atoms with Gasteiger partial charge >= 0.3 is 0 Å². The van der Waals surface area contributed by atoms with Crippen LogP contribution < -0.4 is 4.90 Å². The molecule has 2 aliphatic rings. The maximum absolute atomic E-state index is 4.55. The van der Waals surface area contributed by atoms with Gasteiger partial charge in [-0.25, -0.2) is 0 Å². The van der Waals surface area contributed by atoms with Gasteiger partial charge in [-0.3, -0.25) is 9.58 Å². The predicted octanol–water partition coefficient (Wildman–Crippen LogP) is 4.46. The molecule has 1 saturated carbocycles. The van der Waals surface area contributed by atoms with Crippen LogP contribution in [0.2, 0.25) is 0 Å². The van der Waals surface area contributed by atoms with Gasteiger partial charge in [0.1, 0.15) is 0 Å². The first-order chi connectivity index (χ1) is 12.0. The monoisotopic (exact) mass is 374 g/mol. The lowest BCUT2D eigenvalue weighted by atomic mass is 9.98. The van der Waals surface area contributed by atoms with Crippen LogP contribution in [-0.4, -0.2) is 33.8 Å². The Bertz CT molecular complexity index is 763. The zero-order valence-electron chi connectivity index (χ0n) is 16.4. The minimum absolute atomic E-state index is 0. The average Bonchev–Trinajstić information content (AvgIpc) is 3.31. The van der Waals surface area contributed by atoms with Crippen LogP contribution in [0.5, 0.6) is 0 Å². The number of anilines is 2. The van der Waals surface area contributed by atoms with E-state index in [1.54, 1.807) is 0 Å². The summed E-state index contributed by atoms with van der Waals surface area (Å²) in [7, 11) is 2.00. The fourth-order valence-corrected chi connectivity index (χ4v) is 4.11. The average molecular weight is 375 g/mol. The van der Waals surface area contributed by atoms with Crippen LogP contribution in [0.25, 0.3) is 0 Å². The molecule has 1 aromatic carbocycles. The molecule has 5 heteroatoms. The molecule has 4 rings (SSSR count). The summed E-state index contributed by atoms with van der Waals surface area (Å²) in [6, 6.07) is 7.45. The lowest BCUT2D eigenvalue weighted by Gasteiger charge is -2.32. The quantitative estimate of drug-likeness (QED) is 0.771. The summed E-state index contributed by atoms with van der Waals surface area (Å²) in [5.41, 5.74) is 6.63. The maximum atomic E-state index is 4.55. The van der Waals surface area contributed by atoms with Gasteiger partial charge in [0.15, 0.2) is 0 Å². The fraction of sp³-hybridized carbons (Fsp3) is 0.571. The second-order valence-electron chi connectivity index (χ2n) is 8.12. The van der Waals surface area contributed by atoms with Gasteiger partial charge < -0.3 is 4.90 Å². The van der Waals surface area contributed by atoms with Gasteiger partial charge in [0.2, 0.25) is 0 Å². The van der Waals surface area contributed by atoms with Crippen LogP contribution in [0.1, 0.15) is 43.5 Å². The summed E-state index contributed by atoms with van der Waals surface area (Å²) < 4.78 is 1.91. The molecule has 0 unspecified atom stereocenters. The van der Waals surface area contributed by atoms with Gasteiger partial charge in [-0.15, -0.1) is 12.4 Å². The summed E-state index contributed by atoms with van der Waals surface area (Å²) in [5.74, 6) is 0.968. The second kappa shape index (κ2) is 7.61. The van der Waals surface area contributed by atoms with Crippen molar-refractivity contribution in [3.05, 3.63) is 41.2 Å². The van der Waals surface area contributed by atoms with Crippen molar-refractivity contribution in [2.75, 3.05) is 18.0 Å². The molecule has 1 fully saturated rings. The van der Waals surface area contributed by atoms with E-state index < -0.39 is 0 Å². The van der Waals surface area contributed by atoms with E-state index in [4.69, 9.17) is 0 Å². The SMILES string of the molecule is Cc1nn(C)cc1N(c1ccc2c(c1)CN(CC1CC1)CC2)C(C)C.Cl. The zero-order chi connectivity index (χ0) is 17.6. The van der Waals surface area contributed by atoms with Crippen molar-refractivity contribution in [1.29, 1.82) is 0 Å². The third-order valence-corrected chi connectivity index (χ3v) is 5.54. The Balaban J connectivity index is 0.00000196. The van der Waals surface area contributed by atoms with Crippen LogP contribution >= 0.6 is 12.4 Å². The number of aryl methyl sites for hydroxylation is 2. The molecule has 1 aromatic heterocycles. The summed E-state index contributed by atoms with van der Waals surface area (Å²) in [6.45, 7) is 10.2. The number of nitrogens with zero attached hydrogens (tertiary/aromatic N) is 4. The Labute approximate surface area is 163 Å². The van der Waals surface area contributed by atoms with Gasteiger partial charge in [0.25, 0.3) is 0 Å². The third-order valence-electron chi connectivity index (χ3n) is 5.54. The Morgan fingerprint density at radius 3 is 2.62 bits per heavy atom. The van der Waals surface area contributed by atoms with E-state index in [1.165, 1.54) is 54.9 Å². The lowest BCUT2D eigenvalue weighted by molar-refractivity contribution is 0.244. The minimum atomic E-state index is 0. The highest BCUT2D eigenvalue weighted by atomic mass is 35.5. The number of benzene rings is 1. The molecule has 2 aromatic rings. The van der Waals surface area contributed by atoms with Crippen molar-refractivity contribution in [2.24, 2.45) is 13.0 Å². The van der Waals surface area contributed by atoms with Crippen LogP contribution in [0.4, 0.5) is 11.4 Å². The van der Waals surface area contributed by atoms with Crippen molar-refractivity contribution < 1.29 is 0 Å². The first-order valence-electron chi connectivity index (χ1n) is 9.65. The van der Waals surface area contributed by atoms with Gasteiger partial charge in [-0.1, -0.05) is 6.07 Å². The highest BCUT2D eigenvalue weighted by Gasteiger charge is 2.27. The van der Waals surface area contributed by atoms with Gasteiger partial charge in [-0.05, 0) is 69.2 Å². The van der Waals surface area contributed by atoms with E-state index in [0.29, 0.717) is 6.04 Å². The summed E-state index contributed by atoms with van der Waals surface area (Å²) in [4.78, 5) is 5.07. The third kappa shape index (κ3) is 3.91. The molecule has 4 nitrogen and oxygen atoms in total. The van der Waals surface area contributed by atoms with E-state index in [9.17, 15) is 0 Å². The Morgan fingerprint density at radius 2 is 2.00 bits per heavy atom. The Hall–Kier alpha value is -1.52. The molecule has 0 atom stereocenters. The molecular weight excluding hydrogens is 344 g/mol. The first kappa shape index (κ1) is 19.2. The largest absolute Gasteiger partial charge is 0.336 e. The van der Waals surface area contributed by atoms with Crippen LogP contribution in [0.3, 0.4) is 0 Å². The number of hydrogen-bond donors (Lipinski definition) is 0. The Kier molecular flexibility index (Phi) is 5.64. The molecule has 0 amide bonds. The predicted molar refractivity (Wildman–Crippen MR) is 111 cm³/mol. The first-order valence-corrected chi connectivity index (χ1v) is 9.65. The van der Waals surface area contributed by atoms with E-state index >= 15 is 0 Å². The van der Waals surface area contributed by atoms with Crippen LogP contribution in [-0.2, 0) is 20.0 Å². The van der Waals surface area contributed by atoms with Crippen LogP contribution in [0, 0.1) is 12.8 Å². The number of halogens is 1. The molecule has 0 bridgehead atoms. The zero-order valence-corrected chi connectivity index (χ0v) is 17.2. The maximum Gasteiger partial charge on any atom is 0.0830 e. The fourth-order valence-electron chi connectivity index (χ4n) is 4.11. The molecule has 26 heavy (non-hydrogen) atoms. The van der Waals surface area contributed by atoms with E-state index in [1.807, 2.05) is 11.7 Å². The van der Waals surface area contributed by atoms with Gasteiger partial charge in [0.05, 0.1) is 11.4 Å². The molecule has 142 valence electrons. The van der Waals surface area contributed by atoms with E-state index in [-0.39, 0.29) is 12.4 Å². The molecule has 0 spiro atoms. The van der Waals surface area contributed by atoms with Crippen molar-refractivity contribution >= 4 is 23.8 Å². The number of rotatable bonds is 5. The molecule has 0 radical (unpaired) electrons. The highest BCUT2D eigenvalue weighted by molar-refractivity contribution is 5.85. The molecule has 2 heterocycles. The molecule has 1 aliphatic heterocycles. The summed E-state index contributed by atoms with van der Waals surface area (Å²) >= 11 is 0. The Morgan fingerprint density at radius 1 is 1.23 bits per heavy atom. The second-order valence-corrected chi connectivity index (χ2v) is 8.12. The summed E-state index contributed by atoms with van der Waals surface area (Å²) in [6.07, 6.45) is 6.19.